The number of benzene rings is 2. The molecule has 3 heteroatoms. The number of hydrogen-bond acceptors (Lipinski definition) is 2. The molecule has 0 atom stereocenters. The van der Waals surface area contributed by atoms with Gasteiger partial charge in [0.15, 0.2) is 0 Å². The van der Waals surface area contributed by atoms with Gasteiger partial charge in [0, 0.05) is 17.3 Å². The van der Waals surface area contributed by atoms with Crippen LogP contribution in [0.2, 0.25) is 0 Å². The van der Waals surface area contributed by atoms with Crippen LogP contribution >= 0.6 is 0 Å². The summed E-state index contributed by atoms with van der Waals surface area (Å²) in [6.07, 6.45) is 2.98. The van der Waals surface area contributed by atoms with Gasteiger partial charge in [0.1, 0.15) is 0 Å². The van der Waals surface area contributed by atoms with E-state index in [1.165, 1.54) is 0 Å². The van der Waals surface area contributed by atoms with Gasteiger partial charge in [0.05, 0.1) is 11.9 Å². The molecule has 0 radical (unpaired) electrons. The second kappa shape index (κ2) is 6.39. The van der Waals surface area contributed by atoms with Crippen LogP contribution < -0.4 is 5.32 Å². The number of para-hydroxylation sites is 2. The summed E-state index contributed by atoms with van der Waals surface area (Å²) >= 11 is 0. The number of pyridine rings is 1. The van der Waals surface area contributed by atoms with Gasteiger partial charge in [-0.25, -0.2) is 0 Å². The first-order valence-electron chi connectivity index (χ1n) is 7.48. The molecule has 0 aliphatic carbocycles. The highest BCUT2D eigenvalue weighted by Crippen LogP contribution is 2.19. The zero-order chi connectivity index (χ0) is 15.4. The monoisotopic (exact) mass is 290 g/mol. The van der Waals surface area contributed by atoms with Crippen molar-refractivity contribution >= 4 is 22.5 Å². The molecular weight excluding hydrogens is 272 g/mol. The van der Waals surface area contributed by atoms with Crippen molar-refractivity contribution in [2.45, 2.75) is 19.8 Å². The Labute approximate surface area is 130 Å². The molecule has 0 bridgehead atoms. The molecule has 1 heterocycles. The van der Waals surface area contributed by atoms with Crippen LogP contribution in [0.15, 0.2) is 60.8 Å². The summed E-state index contributed by atoms with van der Waals surface area (Å²) < 4.78 is 0. The van der Waals surface area contributed by atoms with E-state index in [2.05, 4.69) is 17.2 Å². The summed E-state index contributed by atoms with van der Waals surface area (Å²) in [5, 5.41) is 4.07. The van der Waals surface area contributed by atoms with Gasteiger partial charge in [-0.15, -0.1) is 0 Å². The number of nitrogens with one attached hydrogen (secondary N) is 1. The average molecular weight is 290 g/mol. The summed E-state index contributed by atoms with van der Waals surface area (Å²) in [5.41, 5.74) is 3.88. The predicted octanol–water partition coefficient (Wildman–Crippen LogP) is 3.98. The largest absolute Gasteiger partial charge is 0.326 e. The van der Waals surface area contributed by atoms with E-state index < -0.39 is 0 Å². The number of carbonyl (C=O) groups excluding carboxylic acids is 1. The quantitative estimate of drug-likeness (QED) is 0.789. The van der Waals surface area contributed by atoms with Crippen LogP contribution in [0.5, 0.6) is 0 Å². The molecule has 0 saturated heterocycles. The van der Waals surface area contributed by atoms with Crippen molar-refractivity contribution in [2.24, 2.45) is 0 Å². The second-order valence-electron chi connectivity index (χ2n) is 5.23. The molecule has 1 aromatic heterocycles. The molecule has 3 nitrogen and oxygen atoms in total. The number of anilines is 1. The molecule has 0 unspecified atom stereocenters. The van der Waals surface area contributed by atoms with Crippen LogP contribution in [-0.4, -0.2) is 10.9 Å². The van der Waals surface area contributed by atoms with Gasteiger partial charge in [-0.2, -0.15) is 0 Å². The number of rotatable bonds is 4. The van der Waals surface area contributed by atoms with E-state index in [0.29, 0.717) is 6.42 Å². The van der Waals surface area contributed by atoms with Crippen LogP contribution in [0.25, 0.3) is 10.9 Å². The summed E-state index contributed by atoms with van der Waals surface area (Å²) in [6, 6.07) is 17.8. The van der Waals surface area contributed by atoms with Gasteiger partial charge < -0.3 is 5.32 Å². The lowest BCUT2D eigenvalue weighted by atomic mass is 10.1. The lowest BCUT2D eigenvalue weighted by molar-refractivity contribution is -0.115. The Morgan fingerprint density at radius 1 is 1.00 bits per heavy atom. The van der Waals surface area contributed by atoms with Crippen molar-refractivity contribution in [2.75, 3.05) is 5.32 Å². The minimum atomic E-state index is -0.0148. The number of carbonyl (C=O) groups is 1. The van der Waals surface area contributed by atoms with Crippen molar-refractivity contribution in [1.82, 2.24) is 4.98 Å². The number of aryl methyl sites for hydroxylation is 1. The Morgan fingerprint density at radius 2 is 1.77 bits per heavy atom. The molecule has 0 saturated carbocycles. The van der Waals surface area contributed by atoms with Gasteiger partial charge in [-0.3, -0.25) is 9.78 Å². The first kappa shape index (κ1) is 14.3. The first-order chi connectivity index (χ1) is 10.8. The molecular formula is C19H18N2O. The van der Waals surface area contributed by atoms with Crippen molar-refractivity contribution in [1.29, 1.82) is 0 Å². The normalized spacial score (nSPS) is 10.6. The van der Waals surface area contributed by atoms with Crippen molar-refractivity contribution in [3.63, 3.8) is 0 Å². The fourth-order valence-corrected chi connectivity index (χ4v) is 2.63. The van der Waals surface area contributed by atoms with E-state index in [0.717, 1.165) is 34.1 Å². The van der Waals surface area contributed by atoms with Gasteiger partial charge in [0.25, 0.3) is 0 Å². The Bertz CT molecular complexity index is 806. The highest BCUT2D eigenvalue weighted by Gasteiger charge is 2.09. The molecule has 110 valence electrons. The predicted molar refractivity (Wildman–Crippen MR) is 89.9 cm³/mol. The smallest absolute Gasteiger partial charge is 0.228 e. The summed E-state index contributed by atoms with van der Waals surface area (Å²) in [6.45, 7) is 2.08. The van der Waals surface area contributed by atoms with E-state index in [-0.39, 0.29) is 5.91 Å². The third kappa shape index (κ3) is 2.98. The van der Waals surface area contributed by atoms with Crippen LogP contribution in [0.3, 0.4) is 0 Å². The lowest BCUT2D eigenvalue weighted by Gasteiger charge is -2.10. The van der Waals surface area contributed by atoms with Crippen LogP contribution in [-0.2, 0) is 17.6 Å². The van der Waals surface area contributed by atoms with Gasteiger partial charge >= 0.3 is 0 Å². The number of nitrogens with zero attached hydrogens (tertiary/aromatic N) is 1. The number of hydrogen-bond donors (Lipinski definition) is 1. The minimum absolute atomic E-state index is 0.0148. The van der Waals surface area contributed by atoms with E-state index in [9.17, 15) is 4.79 Å². The highest BCUT2D eigenvalue weighted by atomic mass is 16.1. The van der Waals surface area contributed by atoms with E-state index in [4.69, 9.17) is 0 Å². The van der Waals surface area contributed by atoms with E-state index in [1.807, 2.05) is 54.6 Å². The lowest BCUT2D eigenvalue weighted by Crippen LogP contribution is -2.15. The second-order valence-corrected chi connectivity index (χ2v) is 5.23. The first-order valence-corrected chi connectivity index (χ1v) is 7.48. The molecule has 0 aliphatic rings. The molecule has 2 aromatic carbocycles. The standard InChI is InChI=1S/C19H18N2O/c1-2-14-7-3-4-11-17(14)21-18(22)13-16-9-5-8-15-10-6-12-20-19(15)16/h3-12H,2,13H2,1H3,(H,21,22). The molecule has 0 fully saturated rings. The Morgan fingerprint density at radius 3 is 2.64 bits per heavy atom. The maximum absolute atomic E-state index is 12.4. The zero-order valence-electron chi connectivity index (χ0n) is 12.5. The molecule has 0 spiro atoms. The zero-order valence-corrected chi connectivity index (χ0v) is 12.5. The molecule has 1 amide bonds. The van der Waals surface area contributed by atoms with Crippen LogP contribution in [0.4, 0.5) is 5.69 Å². The summed E-state index contributed by atoms with van der Waals surface area (Å²) in [5.74, 6) is -0.0148. The molecule has 3 aromatic rings. The van der Waals surface area contributed by atoms with Gasteiger partial charge in [-0.1, -0.05) is 49.4 Å². The van der Waals surface area contributed by atoms with E-state index in [1.54, 1.807) is 6.20 Å². The molecule has 0 aliphatic heterocycles. The number of aromatic nitrogens is 1. The number of fused-ring (bicyclic) bond motifs is 1. The summed E-state index contributed by atoms with van der Waals surface area (Å²) in [7, 11) is 0. The fourth-order valence-electron chi connectivity index (χ4n) is 2.63. The maximum atomic E-state index is 12.4. The Kier molecular flexibility index (Phi) is 4.15. The van der Waals surface area contributed by atoms with E-state index >= 15 is 0 Å². The molecule has 22 heavy (non-hydrogen) atoms. The molecule has 1 N–H and O–H groups in total. The van der Waals surface area contributed by atoms with Gasteiger partial charge in [-0.05, 0) is 29.7 Å². The Balaban J connectivity index is 1.82. The van der Waals surface area contributed by atoms with Gasteiger partial charge in [0.2, 0.25) is 5.91 Å². The van der Waals surface area contributed by atoms with Crippen molar-refractivity contribution in [3.05, 3.63) is 71.9 Å². The average Bonchev–Trinajstić information content (AvgIpc) is 2.55. The highest BCUT2D eigenvalue weighted by molar-refractivity contribution is 5.95. The van der Waals surface area contributed by atoms with Crippen molar-refractivity contribution < 1.29 is 4.79 Å². The fraction of sp³-hybridized carbons (Fsp3) is 0.158. The van der Waals surface area contributed by atoms with Crippen LogP contribution in [0.1, 0.15) is 18.1 Å². The third-order valence-corrected chi connectivity index (χ3v) is 3.74. The summed E-state index contributed by atoms with van der Waals surface area (Å²) in [4.78, 5) is 16.7. The van der Waals surface area contributed by atoms with Crippen LogP contribution in [0, 0.1) is 0 Å². The number of amides is 1. The SMILES string of the molecule is CCc1ccccc1NC(=O)Cc1cccc2cccnc12. The Hall–Kier alpha value is -2.68. The third-order valence-electron chi connectivity index (χ3n) is 3.74. The maximum Gasteiger partial charge on any atom is 0.228 e. The topological polar surface area (TPSA) is 42.0 Å². The molecule has 3 rings (SSSR count). The minimum Gasteiger partial charge on any atom is -0.326 e. The van der Waals surface area contributed by atoms with Crippen molar-refractivity contribution in [3.8, 4) is 0 Å².